The Bertz CT molecular complexity index is 857. The summed E-state index contributed by atoms with van der Waals surface area (Å²) in [7, 11) is 0. The number of hydrogen-bond donors (Lipinski definition) is 1. The maximum atomic E-state index is 14.2. The second-order valence-electron chi connectivity index (χ2n) is 7.68. The maximum Gasteiger partial charge on any atom is 0.410 e. The zero-order chi connectivity index (χ0) is 20.5. The molecule has 1 N–H and O–H groups in total. The minimum Gasteiger partial charge on any atom is -0.444 e. The first-order valence-corrected chi connectivity index (χ1v) is 10.1. The normalized spacial score (nSPS) is 20.1. The summed E-state index contributed by atoms with van der Waals surface area (Å²) in [5.41, 5.74) is 0.0112. The molecule has 1 aliphatic rings. The Labute approximate surface area is 172 Å². The van der Waals surface area contributed by atoms with Gasteiger partial charge in [-0.15, -0.1) is 11.3 Å². The fourth-order valence-corrected chi connectivity index (χ4v) is 4.08. The Morgan fingerprint density at radius 1 is 1.39 bits per heavy atom. The van der Waals surface area contributed by atoms with E-state index in [1.165, 1.54) is 16.2 Å². The zero-order valence-corrected chi connectivity index (χ0v) is 17.8. The molecule has 1 amide bonds. The van der Waals surface area contributed by atoms with Gasteiger partial charge in [0.2, 0.25) is 5.95 Å². The highest BCUT2D eigenvalue weighted by Gasteiger charge is 2.33. The van der Waals surface area contributed by atoms with Crippen LogP contribution in [0.3, 0.4) is 0 Å². The van der Waals surface area contributed by atoms with E-state index in [0.717, 1.165) is 9.88 Å². The van der Waals surface area contributed by atoms with E-state index in [-0.39, 0.29) is 19.0 Å². The second-order valence-corrected chi connectivity index (χ2v) is 9.24. The summed E-state index contributed by atoms with van der Waals surface area (Å²) in [6.45, 7) is 7.54. The molecule has 2 aromatic rings. The molecule has 0 unspecified atom stereocenters. The lowest BCUT2D eigenvalue weighted by Crippen LogP contribution is -2.51. The average Bonchev–Trinajstić information content (AvgIpc) is 2.91. The molecule has 2 aromatic heterocycles. The van der Waals surface area contributed by atoms with Crippen molar-refractivity contribution in [3.05, 3.63) is 22.4 Å². The van der Waals surface area contributed by atoms with E-state index in [9.17, 15) is 9.18 Å². The number of alkyl halides is 1. The molecule has 0 bridgehead atoms. The van der Waals surface area contributed by atoms with Crippen molar-refractivity contribution in [3.63, 3.8) is 0 Å². The number of thiazole rings is 1. The highest BCUT2D eigenvalue weighted by Crippen LogP contribution is 2.32. The standard InChI is InChI=1S/C18H23ClFN5O2S/c1-10-22-15(19)14(28-10)13-5-6-21-16(24-13)23-12-7-11(20)8-25(9-12)17(26)27-18(2,3)4/h5-6,11-12H,7-9H2,1-4H3,(H,21,23,24)/t11-,12-/m0/s1. The molecular weight excluding hydrogens is 405 g/mol. The molecule has 3 heterocycles. The lowest BCUT2D eigenvalue weighted by atomic mass is 10.0. The Morgan fingerprint density at radius 2 is 2.14 bits per heavy atom. The van der Waals surface area contributed by atoms with Crippen LogP contribution in [0.25, 0.3) is 10.6 Å². The summed E-state index contributed by atoms with van der Waals surface area (Å²) < 4.78 is 19.6. The number of amides is 1. The van der Waals surface area contributed by atoms with E-state index in [1.807, 2.05) is 6.92 Å². The molecule has 0 saturated carbocycles. The van der Waals surface area contributed by atoms with E-state index >= 15 is 0 Å². The van der Waals surface area contributed by atoms with Gasteiger partial charge < -0.3 is 15.0 Å². The van der Waals surface area contributed by atoms with Gasteiger partial charge in [0.15, 0.2) is 0 Å². The third-order valence-electron chi connectivity index (χ3n) is 3.97. The molecule has 28 heavy (non-hydrogen) atoms. The van der Waals surface area contributed by atoms with Gasteiger partial charge in [-0.2, -0.15) is 0 Å². The van der Waals surface area contributed by atoms with Crippen LogP contribution in [0.2, 0.25) is 5.15 Å². The highest BCUT2D eigenvalue weighted by molar-refractivity contribution is 7.15. The van der Waals surface area contributed by atoms with E-state index < -0.39 is 17.9 Å². The van der Waals surface area contributed by atoms with Crippen molar-refractivity contribution in [2.75, 3.05) is 18.4 Å². The molecule has 1 fully saturated rings. The number of anilines is 1. The van der Waals surface area contributed by atoms with Crippen molar-refractivity contribution in [3.8, 4) is 10.6 Å². The lowest BCUT2D eigenvalue weighted by Gasteiger charge is -2.36. The fourth-order valence-electron chi connectivity index (χ4n) is 2.91. The highest BCUT2D eigenvalue weighted by atomic mass is 35.5. The van der Waals surface area contributed by atoms with E-state index in [4.69, 9.17) is 16.3 Å². The van der Waals surface area contributed by atoms with Gasteiger partial charge >= 0.3 is 6.09 Å². The molecule has 1 saturated heterocycles. The zero-order valence-electron chi connectivity index (χ0n) is 16.2. The van der Waals surface area contributed by atoms with Crippen molar-refractivity contribution in [1.82, 2.24) is 19.9 Å². The molecular formula is C18H23ClFN5O2S. The number of aromatic nitrogens is 3. The third-order valence-corrected chi connectivity index (χ3v) is 5.34. The van der Waals surface area contributed by atoms with Crippen LogP contribution in [-0.4, -0.2) is 56.8 Å². The summed E-state index contributed by atoms with van der Waals surface area (Å²) >= 11 is 7.60. The third kappa shape index (κ3) is 5.29. The van der Waals surface area contributed by atoms with Crippen LogP contribution in [0, 0.1) is 6.92 Å². The smallest absolute Gasteiger partial charge is 0.410 e. The lowest BCUT2D eigenvalue weighted by molar-refractivity contribution is 0.0124. The van der Waals surface area contributed by atoms with E-state index in [2.05, 4.69) is 20.3 Å². The number of nitrogens with one attached hydrogen (secondary N) is 1. The van der Waals surface area contributed by atoms with Crippen LogP contribution in [0.4, 0.5) is 15.1 Å². The Morgan fingerprint density at radius 3 is 2.79 bits per heavy atom. The van der Waals surface area contributed by atoms with Crippen LogP contribution < -0.4 is 5.32 Å². The van der Waals surface area contributed by atoms with Crippen molar-refractivity contribution in [2.24, 2.45) is 0 Å². The number of aryl methyl sites for hydroxylation is 1. The van der Waals surface area contributed by atoms with Crippen LogP contribution in [0.5, 0.6) is 0 Å². The van der Waals surface area contributed by atoms with Crippen LogP contribution in [0.1, 0.15) is 32.2 Å². The summed E-state index contributed by atoms with van der Waals surface area (Å²) in [5.74, 6) is 0.350. The number of ether oxygens (including phenoxy) is 1. The number of halogens is 2. The minimum atomic E-state index is -1.15. The summed E-state index contributed by atoms with van der Waals surface area (Å²) in [4.78, 5) is 27.3. The van der Waals surface area contributed by atoms with Gasteiger partial charge in [0, 0.05) is 25.2 Å². The quantitative estimate of drug-likeness (QED) is 0.785. The molecule has 0 spiro atoms. The van der Waals surface area contributed by atoms with Gasteiger partial charge in [0.05, 0.1) is 22.1 Å². The van der Waals surface area contributed by atoms with E-state index in [0.29, 0.717) is 23.3 Å². The number of carbonyl (C=O) groups is 1. The van der Waals surface area contributed by atoms with E-state index in [1.54, 1.807) is 33.0 Å². The predicted molar refractivity (Wildman–Crippen MR) is 108 cm³/mol. The first kappa shape index (κ1) is 20.7. The first-order valence-electron chi connectivity index (χ1n) is 8.95. The monoisotopic (exact) mass is 427 g/mol. The summed E-state index contributed by atoms with van der Waals surface area (Å²) in [6, 6.07) is 1.42. The number of nitrogens with zero attached hydrogens (tertiary/aromatic N) is 4. The van der Waals surface area contributed by atoms with Crippen molar-refractivity contribution < 1.29 is 13.9 Å². The number of rotatable bonds is 3. The number of piperidine rings is 1. The van der Waals surface area contributed by atoms with Crippen molar-refractivity contribution in [2.45, 2.75) is 51.9 Å². The number of carbonyl (C=O) groups excluding carboxylic acids is 1. The van der Waals surface area contributed by atoms with Crippen molar-refractivity contribution >= 4 is 35.0 Å². The van der Waals surface area contributed by atoms with Crippen LogP contribution in [0.15, 0.2) is 12.3 Å². The second kappa shape index (κ2) is 8.16. The van der Waals surface area contributed by atoms with Crippen molar-refractivity contribution in [1.29, 1.82) is 0 Å². The summed E-state index contributed by atoms with van der Waals surface area (Å²) in [6.07, 6.45) is 0.189. The molecule has 1 aliphatic heterocycles. The molecule has 0 radical (unpaired) electrons. The van der Waals surface area contributed by atoms with Gasteiger partial charge in [0.25, 0.3) is 0 Å². The summed E-state index contributed by atoms with van der Waals surface area (Å²) in [5, 5.41) is 4.36. The Balaban J connectivity index is 1.71. The number of likely N-dealkylation sites (tertiary alicyclic amines) is 1. The molecule has 10 heteroatoms. The van der Waals surface area contributed by atoms with Crippen LogP contribution >= 0.6 is 22.9 Å². The van der Waals surface area contributed by atoms with Crippen LogP contribution in [-0.2, 0) is 4.74 Å². The van der Waals surface area contributed by atoms with Gasteiger partial charge in [-0.05, 0) is 33.8 Å². The molecule has 152 valence electrons. The SMILES string of the molecule is Cc1nc(Cl)c(-c2ccnc(N[C@H]3C[C@H](F)CN(C(=O)OC(C)(C)C)C3)n2)s1. The Kier molecular flexibility index (Phi) is 6.04. The first-order chi connectivity index (χ1) is 13.1. The minimum absolute atomic E-state index is 0.0176. The topological polar surface area (TPSA) is 80.2 Å². The van der Waals surface area contributed by atoms with Gasteiger partial charge in [-0.3, -0.25) is 0 Å². The molecule has 2 atom stereocenters. The average molecular weight is 428 g/mol. The fraction of sp³-hybridized carbons (Fsp3) is 0.556. The van der Waals surface area contributed by atoms with Gasteiger partial charge in [-0.25, -0.2) is 24.1 Å². The molecule has 0 aromatic carbocycles. The largest absolute Gasteiger partial charge is 0.444 e. The number of hydrogen-bond acceptors (Lipinski definition) is 7. The molecule has 0 aliphatic carbocycles. The van der Waals surface area contributed by atoms with Gasteiger partial charge in [0.1, 0.15) is 16.9 Å². The molecule has 3 rings (SSSR count). The Hall–Kier alpha value is -2.00. The maximum absolute atomic E-state index is 14.2. The molecule has 7 nitrogen and oxygen atoms in total. The van der Waals surface area contributed by atoms with Gasteiger partial charge in [-0.1, -0.05) is 11.6 Å². The predicted octanol–water partition coefficient (Wildman–Crippen LogP) is 4.32.